The second-order valence-electron chi connectivity index (χ2n) is 5.26. The van der Waals surface area contributed by atoms with E-state index in [1.807, 2.05) is 11.3 Å². The molecule has 2 nitrogen and oxygen atoms in total. The number of nitrogens with one attached hydrogen (secondary N) is 1. The lowest BCUT2D eigenvalue weighted by atomic mass is 10.1. The van der Waals surface area contributed by atoms with Gasteiger partial charge in [-0.25, -0.2) is 4.39 Å². The Morgan fingerprint density at radius 3 is 3.00 bits per heavy atom. The largest absolute Gasteiger partial charge is 0.304 e. The van der Waals surface area contributed by atoms with Gasteiger partial charge in [0.05, 0.1) is 11.9 Å². The normalized spacial score (nSPS) is 15.3. The summed E-state index contributed by atoms with van der Waals surface area (Å²) in [5.41, 5.74) is 2.46. The van der Waals surface area contributed by atoms with E-state index in [4.69, 9.17) is 0 Å². The minimum atomic E-state index is -0.279. The molecule has 1 unspecified atom stereocenters. The van der Waals surface area contributed by atoms with Crippen molar-refractivity contribution in [2.24, 2.45) is 0 Å². The zero-order valence-electron chi connectivity index (χ0n) is 11.7. The molecule has 1 atom stereocenters. The first-order valence-corrected chi connectivity index (χ1v) is 8.03. The van der Waals surface area contributed by atoms with Crippen LogP contribution < -0.4 is 5.32 Å². The van der Waals surface area contributed by atoms with Gasteiger partial charge in [0.25, 0.3) is 0 Å². The number of aryl methyl sites for hydroxylation is 2. The molecule has 4 heteroatoms. The number of halogens is 1. The Hall–Kier alpha value is -1.26. The van der Waals surface area contributed by atoms with Crippen LogP contribution >= 0.6 is 11.3 Å². The Kier molecular flexibility index (Phi) is 4.13. The molecular weight excluding hydrogens is 271 g/mol. The highest BCUT2D eigenvalue weighted by molar-refractivity contribution is 7.12. The molecule has 2 aromatic rings. The molecule has 0 saturated carbocycles. The molecule has 3 rings (SSSR count). The zero-order valence-corrected chi connectivity index (χ0v) is 12.5. The van der Waals surface area contributed by atoms with Crippen molar-refractivity contribution in [1.82, 2.24) is 10.3 Å². The van der Waals surface area contributed by atoms with Gasteiger partial charge in [0.1, 0.15) is 5.82 Å². The summed E-state index contributed by atoms with van der Waals surface area (Å²) in [4.78, 5) is 7.14. The van der Waals surface area contributed by atoms with Crippen molar-refractivity contribution in [1.29, 1.82) is 0 Å². The molecule has 0 aromatic carbocycles. The van der Waals surface area contributed by atoms with Gasteiger partial charge in [-0.3, -0.25) is 4.98 Å². The average Bonchev–Trinajstić information content (AvgIpc) is 3.02. The Bertz CT molecular complexity index is 555. The molecular formula is C16H19FN2S. The van der Waals surface area contributed by atoms with Crippen LogP contribution in [0, 0.1) is 5.82 Å². The van der Waals surface area contributed by atoms with Crippen molar-refractivity contribution in [2.45, 2.75) is 45.2 Å². The van der Waals surface area contributed by atoms with Crippen molar-refractivity contribution < 1.29 is 4.39 Å². The summed E-state index contributed by atoms with van der Waals surface area (Å²) in [5, 5.41) is 3.54. The van der Waals surface area contributed by atoms with Crippen LogP contribution in [0.25, 0.3) is 0 Å². The van der Waals surface area contributed by atoms with Gasteiger partial charge in [-0.1, -0.05) is 6.92 Å². The Morgan fingerprint density at radius 1 is 1.40 bits per heavy atom. The fourth-order valence-electron chi connectivity index (χ4n) is 2.75. The van der Waals surface area contributed by atoms with E-state index in [2.05, 4.69) is 23.3 Å². The number of aromatic nitrogens is 1. The topological polar surface area (TPSA) is 24.9 Å². The third-order valence-electron chi connectivity index (χ3n) is 3.84. The average molecular weight is 290 g/mol. The summed E-state index contributed by atoms with van der Waals surface area (Å²) in [6, 6.07) is 5.77. The van der Waals surface area contributed by atoms with Gasteiger partial charge in [-0.15, -0.1) is 11.3 Å². The molecule has 0 aliphatic heterocycles. The monoisotopic (exact) mass is 290 g/mol. The summed E-state index contributed by atoms with van der Waals surface area (Å²) in [5.74, 6) is -0.279. The molecule has 0 spiro atoms. The van der Waals surface area contributed by atoms with Crippen LogP contribution in [0.1, 0.15) is 46.8 Å². The lowest BCUT2D eigenvalue weighted by Gasteiger charge is -2.15. The van der Waals surface area contributed by atoms with Gasteiger partial charge in [-0.05, 0) is 49.4 Å². The first-order valence-electron chi connectivity index (χ1n) is 7.21. The second kappa shape index (κ2) is 6.02. The number of nitrogens with zero attached hydrogens (tertiary/aromatic N) is 1. The number of thiophene rings is 1. The third kappa shape index (κ3) is 2.91. The molecule has 20 heavy (non-hydrogen) atoms. The van der Waals surface area contributed by atoms with E-state index in [1.54, 1.807) is 16.5 Å². The van der Waals surface area contributed by atoms with E-state index in [0.717, 1.165) is 18.7 Å². The van der Waals surface area contributed by atoms with Gasteiger partial charge >= 0.3 is 0 Å². The molecule has 106 valence electrons. The summed E-state index contributed by atoms with van der Waals surface area (Å²) >= 11 is 1.93. The van der Waals surface area contributed by atoms with Gasteiger partial charge in [0.15, 0.2) is 0 Å². The Morgan fingerprint density at radius 2 is 2.30 bits per heavy atom. The highest BCUT2D eigenvalue weighted by atomic mass is 32.1. The van der Waals surface area contributed by atoms with Crippen molar-refractivity contribution in [3.8, 4) is 0 Å². The zero-order chi connectivity index (χ0) is 13.9. The predicted octanol–water partition coefficient (Wildman–Crippen LogP) is 4.01. The van der Waals surface area contributed by atoms with Crippen LogP contribution in [0.4, 0.5) is 4.39 Å². The van der Waals surface area contributed by atoms with Gasteiger partial charge < -0.3 is 5.32 Å². The molecule has 0 radical (unpaired) electrons. The minimum Gasteiger partial charge on any atom is -0.304 e. The molecule has 0 bridgehead atoms. The van der Waals surface area contributed by atoms with Crippen LogP contribution in [0.3, 0.4) is 0 Å². The van der Waals surface area contributed by atoms with Crippen molar-refractivity contribution in [2.75, 3.05) is 0 Å². The summed E-state index contributed by atoms with van der Waals surface area (Å²) < 4.78 is 12.9. The maximum absolute atomic E-state index is 12.9. The van der Waals surface area contributed by atoms with E-state index < -0.39 is 0 Å². The van der Waals surface area contributed by atoms with E-state index >= 15 is 0 Å². The number of fused-ring (bicyclic) bond motifs is 1. The highest BCUT2D eigenvalue weighted by Crippen LogP contribution is 2.30. The first kappa shape index (κ1) is 13.7. The smallest absolute Gasteiger partial charge is 0.141 e. The Labute approximate surface area is 123 Å². The molecule has 0 fully saturated rings. The Balaban J connectivity index is 1.64. The molecule has 1 N–H and O–H groups in total. The third-order valence-corrected chi connectivity index (χ3v) is 5.07. The summed E-state index contributed by atoms with van der Waals surface area (Å²) in [6.07, 6.45) is 6.04. The standard InChI is InChI=1S/C16H19FN2S/c1-2-14(15-7-6-12(17)9-18-15)19-10-13-8-11-4-3-5-16(11)20-13/h6-9,14,19H,2-5,10H2,1H3. The molecule has 0 amide bonds. The molecule has 2 aromatic heterocycles. The minimum absolute atomic E-state index is 0.188. The van der Waals surface area contributed by atoms with Crippen molar-refractivity contribution in [3.63, 3.8) is 0 Å². The van der Waals surface area contributed by atoms with Gasteiger partial charge in [0, 0.05) is 22.3 Å². The van der Waals surface area contributed by atoms with Crippen LogP contribution in [0.15, 0.2) is 24.4 Å². The van der Waals surface area contributed by atoms with E-state index in [0.29, 0.717) is 0 Å². The van der Waals surface area contributed by atoms with Crippen molar-refractivity contribution >= 4 is 11.3 Å². The number of hydrogen-bond donors (Lipinski definition) is 1. The lowest BCUT2D eigenvalue weighted by Crippen LogP contribution is -2.20. The first-order chi connectivity index (χ1) is 9.76. The number of hydrogen-bond acceptors (Lipinski definition) is 3. The van der Waals surface area contributed by atoms with Crippen LogP contribution in [0.5, 0.6) is 0 Å². The maximum Gasteiger partial charge on any atom is 0.141 e. The van der Waals surface area contributed by atoms with Gasteiger partial charge in [-0.2, -0.15) is 0 Å². The van der Waals surface area contributed by atoms with Crippen molar-refractivity contribution in [3.05, 3.63) is 51.2 Å². The van der Waals surface area contributed by atoms with E-state index in [1.165, 1.54) is 36.4 Å². The van der Waals surface area contributed by atoms with Crippen LogP contribution in [-0.2, 0) is 19.4 Å². The number of rotatable bonds is 5. The van der Waals surface area contributed by atoms with Crippen LogP contribution in [0.2, 0.25) is 0 Å². The maximum atomic E-state index is 12.9. The van der Waals surface area contributed by atoms with E-state index in [9.17, 15) is 4.39 Å². The lowest BCUT2D eigenvalue weighted by molar-refractivity contribution is 0.506. The SMILES string of the molecule is CCC(NCc1cc2c(s1)CCC2)c1ccc(F)cn1. The molecule has 1 aliphatic rings. The quantitative estimate of drug-likeness (QED) is 0.900. The molecule has 2 heterocycles. The predicted molar refractivity (Wildman–Crippen MR) is 80.4 cm³/mol. The highest BCUT2D eigenvalue weighted by Gasteiger charge is 2.16. The molecule has 0 saturated heterocycles. The summed E-state index contributed by atoms with van der Waals surface area (Å²) in [7, 11) is 0. The fraction of sp³-hybridized carbons (Fsp3) is 0.438. The second-order valence-corrected chi connectivity index (χ2v) is 6.48. The summed E-state index contributed by atoms with van der Waals surface area (Å²) in [6.45, 7) is 2.99. The van der Waals surface area contributed by atoms with Crippen LogP contribution in [-0.4, -0.2) is 4.98 Å². The number of pyridine rings is 1. The van der Waals surface area contributed by atoms with E-state index in [-0.39, 0.29) is 11.9 Å². The van der Waals surface area contributed by atoms with Gasteiger partial charge in [0.2, 0.25) is 0 Å². The fourth-order valence-corrected chi connectivity index (χ4v) is 3.96. The molecule has 1 aliphatic carbocycles.